The van der Waals surface area contributed by atoms with Crippen molar-refractivity contribution in [1.82, 2.24) is 74.3 Å². The van der Waals surface area contributed by atoms with E-state index in [1.807, 2.05) is 0 Å². The van der Waals surface area contributed by atoms with E-state index >= 15 is 0 Å². The minimum atomic E-state index is -4.85. The van der Waals surface area contributed by atoms with Crippen molar-refractivity contribution in [3.63, 3.8) is 0 Å². The molecule has 89 heavy (non-hydrogen) atoms. The molecule has 0 atom stereocenters. The van der Waals surface area contributed by atoms with Crippen LogP contribution in [-0.4, -0.2) is 244 Å². The van der Waals surface area contributed by atoms with Gasteiger partial charge in [-0.25, -0.2) is 112 Å². The Morgan fingerprint density at radius 2 is 0.494 bits per heavy atom. The molecular weight excluding hydrogens is 1380 g/mol. The molecule has 7 aromatic rings. The molecule has 8 bridgehead atoms. The Hall–Kier alpha value is -5.96. The van der Waals surface area contributed by atoms with Gasteiger partial charge in [-0.05, 0) is 59.3 Å². The molecule has 5 heterocycles. The van der Waals surface area contributed by atoms with Crippen LogP contribution in [0.15, 0.2) is 87.7 Å². The zero-order chi connectivity index (χ0) is 65.8. The van der Waals surface area contributed by atoms with E-state index in [1.54, 1.807) is 0 Å². The second-order valence-corrected chi connectivity index (χ2v) is 38.2. The average molecular weight is 1430 g/mol. The quantitative estimate of drug-likeness (QED) is 0.116. The fourth-order valence-electron chi connectivity index (χ4n) is 8.96. The van der Waals surface area contributed by atoms with Crippen molar-refractivity contribution in [3.05, 3.63) is 48.5 Å². The van der Waals surface area contributed by atoms with Gasteiger partial charge < -0.3 is 29.9 Å². The van der Waals surface area contributed by atoms with Crippen LogP contribution in [0.25, 0.3) is 89.7 Å². The average Bonchev–Trinajstić information content (AvgIpc) is 1.78. The summed E-state index contributed by atoms with van der Waals surface area (Å²) in [5.74, 6) is -2.68. The zero-order valence-electron chi connectivity index (χ0n) is 49.9. The standard InChI is InChI=1S/C48H56N16O16S8.Cu/c1-57(2)81(65,66)25-17-29-37(33(21-25)85(73,74)61(9)10)45-51-41(29)49-42-30-18-26(82(67,68)58(3)4)22-34(86(75,76)62(11)12)38(30)47(52-42)56-48-40-32(20-28(84(71,72)60(7)8)24-36(40)88(79,80)64(15)16)44(54-48)50-43-31-19-27(83(69,70)59(5)6)23-35(87(77,78)63(13)14)39(31)46(53-43)55-45;/h17-24H,1-16H3;/q-2;+2. The third kappa shape index (κ3) is 11.1. The van der Waals surface area contributed by atoms with Crippen molar-refractivity contribution < 1.29 is 84.4 Å². The minimum absolute atomic E-state index is 0. The van der Waals surface area contributed by atoms with Gasteiger partial charge in [0.05, 0.1) is 62.5 Å². The van der Waals surface area contributed by atoms with Gasteiger partial charge in [0, 0.05) is 168 Å². The molecular formula is C48H56CuN16O16S8. The summed E-state index contributed by atoms with van der Waals surface area (Å²) >= 11 is 0. The normalized spacial score (nSPS) is 13.9. The van der Waals surface area contributed by atoms with Crippen molar-refractivity contribution in [3.8, 4) is 45.6 Å². The van der Waals surface area contributed by atoms with Crippen LogP contribution >= 0.6 is 0 Å². The van der Waals surface area contributed by atoms with Gasteiger partial charge in [0.15, 0.2) is 0 Å². The molecule has 1 radical (unpaired) electrons. The first-order valence-electron chi connectivity index (χ1n) is 25.1. The van der Waals surface area contributed by atoms with Crippen LogP contribution in [0, 0.1) is 0 Å². The molecule has 0 unspecified atom stereocenters. The molecule has 2 aliphatic heterocycles. The number of fused-ring (bicyclic) bond motifs is 20. The van der Waals surface area contributed by atoms with E-state index in [1.165, 1.54) is 0 Å². The zero-order valence-corrected chi connectivity index (χ0v) is 57.3. The Labute approximate surface area is 525 Å². The van der Waals surface area contributed by atoms with Gasteiger partial charge in [0.2, 0.25) is 80.2 Å². The van der Waals surface area contributed by atoms with Gasteiger partial charge in [0.1, 0.15) is 0 Å². The van der Waals surface area contributed by atoms with Crippen molar-refractivity contribution in [2.45, 2.75) is 39.2 Å². The molecule has 0 amide bonds. The molecule has 4 aromatic carbocycles. The summed E-state index contributed by atoms with van der Waals surface area (Å²) < 4.78 is 237. The Balaban J connectivity index is 0.0000102. The van der Waals surface area contributed by atoms with Gasteiger partial charge in [-0.3, -0.25) is 0 Å². The number of benzene rings is 4. The van der Waals surface area contributed by atoms with Crippen molar-refractivity contribution >= 4 is 124 Å². The van der Waals surface area contributed by atoms with Crippen molar-refractivity contribution in [1.29, 1.82) is 0 Å². The molecule has 0 saturated heterocycles. The summed E-state index contributed by atoms with van der Waals surface area (Å²) in [6.45, 7) is 0. The van der Waals surface area contributed by atoms with E-state index < -0.39 is 209 Å². The second-order valence-electron chi connectivity index (χ2n) is 21.2. The number of aromatic nitrogens is 8. The molecule has 0 N–H and O–H groups in total. The molecule has 41 heteroatoms. The maximum absolute atomic E-state index is 14.7. The van der Waals surface area contributed by atoms with Crippen LogP contribution in [-0.2, 0) is 97.3 Å². The van der Waals surface area contributed by atoms with Crippen molar-refractivity contribution in [2.75, 3.05) is 113 Å². The summed E-state index contributed by atoms with van der Waals surface area (Å²) in [5.41, 5.74) is -4.55. The minimum Gasteiger partial charge on any atom is -0.357 e. The van der Waals surface area contributed by atoms with Gasteiger partial charge >= 0.3 is 17.1 Å². The Kier molecular flexibility index (Phi) is 17.6. The summed E-state index contributed by atoms with van der Waals surface area (Å²) in [6.07, 6.45) is 0. The maximum atomic E-state index is 14.7. The SMILES string of the molecule is CN(C)S(=O)(=O)c1cc2c(c(S(=O)(=O)N(C)C)c1)-c1nc-2nc2[n-]c(nc3nc(nc4[n-]c(n1)c1c(S(=O)(=O)N(C)C)cc(S(=O)(=O)N(C)C)cc41)-c1cc(S(=O)(=O)N(C)C)cc(S(=O)(=O)N(C)C)c1-3)c1c(S(=O)(=O)N(C)C)cc(S(=O)(=O)N(C)C)cc21.[Cu+2]. The summed E-state index contributed by atoms with van der Waals surface area (Å²) in [5, 5.41) is -1.87. The van der Waals surface area contributed by atoms with Gasteiger partial charge in [0.25, 0.3) is 0 Å². The van der Waals surface area contributed by atoms with Crippen LogP contribution < -0.4 is 9.97 Å². The number of sulfonamides is 8. The third-order valence-corrected chi connectivity index (χ3v) is 28.5. The molecule has 3 aromatic heterocycles. The van der Waals surface area contributed by atoms with Gasteiger partial charge in [-0.15, -0.1) is 0 Å². The molecule has 0 saturated carbocycles. The predicted molar refractivity (Wildman–Crippen MR) is 321 cm³/mol. The van der Waals surface area contributed by atoms with E-state index in [0.717, 1.165) is 196 Å². The van der Waals surface area contributed by atoms with E-state index in [2.05, 4.69) is 19.9 Å². The summed E-state index contributed by atoms with van der Waals surface area (Å²) in [7, 11) is -19.6. The Morgan fingerprint density at radius 1 is 0.270 bits per heavy atom. The van der Waals surface area contributed by atoms with Crippen LogP contribution in [0.4, 0.5) is 0 Å². The van der Waals surface area contributed by atoms with Gasteiger partial charge in [-0.2, -0.15) is 0 Å². The molecule has 9 rings (SSSR count). The smallest absolute Gasteiger partial charge is 0.357 e. The largest absolute Gasteiger partial charge is 2.00 e. The molecule has 483 valence electrons. The van der Waals surface area contributed by atoms with Crippen LogP contribution in [0.5, 0.6) is 0 Å². The number of hydrogen-bond donors (Lipinski definition) is 0. The second kappa shape index (κ2) is 22.7. The Bertz CT molecular complexity index is 5060. The predicted octanol–water partition coefficient (Wildman–Crippen LogP) is 0.127. The summed E-state index contributed by atoms with van der Waals surface area (Å²) in [6, 6.07) is 7.15. The van der Waals surface area contributed by atoms with Crippen LogP contribution in [0.3, 0.4) is 0 Å². The van der Waals surface area contributed by atoms with E-state index in [0.29, 0.717) is 0 Å². The molecule has 32 nitrogen and oxygen atoms in total. The van der Waals surface area contributed by atoms with Crippen LogP contribution in [0.1, 0.15) is 0 Å². The monoisotopic (exact) mass is 1430 g/mol. The summed E-state index contributed by atoms with van der Waals surface area (Å²) in [4.78, 5) is 31.6. The first-order chi connectivity index (χ1) is 40.3. The topological polar surface area (TPSA) is 405 Å². The first kappa shape index (κ1) is 68.9. The number of nitrogens with zero attached hydrogens (tertiary/aromatic N) is 16. The van der Waals surface area contributed by atoms with Crippen molar-refractivity contribution in [2.24, 2.45) is 0 Å². The van der Waals surface area contributed by atoms with E-state index in [-0.39, 0.29) is 17.1 Å². The third-order valence-electron chi connectivity index (χ3n) is 14.0. The maximum Gasteiger partial charge on any atom is 2.00 e. The Morgan fingerprint density at radius 3 is 0.753 bits per heavy atom. The van der Waals surface area contributed by atoms with E-state index in [4.69, 9.17) is 19.9 Å². The first-order valence-corrected chi connectivity index (χ1v) is 36.6. The number of hydrogen-bond acceptors (Lipinski definition) is 22. The van der Waals surface area contributed by atoms with Gasteiger partial charge in [-0.1, -0.05) is 0 Å². The van der Waals surface area contributed by atoms with Crippen LogP contribution in [0.2, 0.25) is 0 Å². The molecule has 2 aliphatic rings. The van der Waals surface area contributed by atoms with E-state index in [9.17, 15) is 67.3 Å². The molecule has 0 fully saturated rings. The number of rotatable bonds is 16. The molecule has 0 spiro atoms. The fraction of sp³-hybridized carbons (Fsp3) is 0.333. The fourth-order valence-corrected chi connectivity index (χ4v) is 17.6. The molecule has 0 aliphatic carbocycles.